The zero-order valence-electron chi connectivity index (χ0n) is 14.0. The van der Waals surface area contributed by atoms with Crippen LogP contribution < -0.4 is 10.1 Å². The van der Waals surface area contributed by atoms with Crippen molar-refractivity contribution in [1.29, 1.82) is 0 Å². The van der Waals surface area contributed by atoms with Crippen molar-refractivity contribution in [2.24, 2.45) is 0 Å². The first-order valence-corrected chi connectivity index (χ1v) is 8.07. The highest BCUT2D eigenvalue weighted by Gasteiger charge is 2.06. The number of fused-ring (bicyclic) bond motifs is 1. The Kier molecular flexibility index (Phi) is 4.80. The maximum absolute atomic E-state index is 12.0. The molecular formula is C21H21NO2. The van der Waals surface area contributed by atoms with Gasteiger partial charge in [-0.3, -0.25) is 4.79 Å². The topological polar surface area (TPSA) is 38.3 Å². The number of nitrogens with one attached hydrogen (secondary N) is 1. The summed E-state index contributed by atoms with van der Waals surface area (Å²) < 4.78 is 5.63. The van der Waals surface area contributed by atoms with Crippen LogP contribution in [0.3, 0.4) is 0 Å². The third kappa shape index (κ3) is 3.74. The number of aryl methyl sites for hydroxylation is 1. The monoisotopic (exact) mass is 319 g/mol. The molecule has 0 spiro atoms. The number of carbonyl (C=O) groups excluding carboxylic acids is 1. The fourth-order valence-corrected chi connectivity index (χ4v) is 2.62. The fraction of sp³-hybridized carbons (Fsp3) is 0.190. The maximum Gasteiger partial charge on any atom is 0.258 e. The summed E-state index contributed by atoms with van der Waals surface area (Å²) in [6.07, 6.45) is 0. The van der Waals surface area contributed by atoms with Crippen LogP contribution in [0.15, 0.2) is 60.7 Å². The predicted octanol–water partition coefficient (Wildman–Crippen LogP) is 4.15. The van der Waals surface area contributed by atoms with E-state index in [1.807, 2.05) is 50.2 Å². The zero-order valence-corrected chi connectivity index (χ0v) is 14.0. The SMILES string of the molecule is Cc1cccc(OCC(=O)NCc2ccc3ccccc3c2)c1C. The lowest BCUT2D eigenvalue weighted by Crippen LogP contribution is -2.28. The molecule has 0 unspecified atom stereocenters. The van der Waals surface area contributed by atoms with E-state index in [9.17, 15) is 4.79 Å². The first-order valence-electron chi connectivity index (χ1n) is 8.07. The van der Waals surface area contributed by atoms with Crippen LogP contribution in [0, 0.1) is 13.8 Å². The van der Waals surface area contributed by atoms with Crippen molar-refractivity contribution in [2.75, 3.05) is 6.61 Å². The molecule has 0 atom stereocenters. The van der Waals surface area contributed by atoms with Crippen molar-refractivity contribution in [3.8, 4) is 5.75 Å². The summed E-state index contributed by atoms with van der Waals surface area (Å²) in [7, 11) is 0. The van der Waals surface area contributed by atoms with E-state index in [4.69, 9.17) is 4.74 Å². The molecule has 0 radical (unpaired) electrons. The molecule has 0 saturated carbocycles. The highest BCUT2D eigenvalue weighted by atomic mass is 16.5. The highest BCUT2D eigenvalue weighted by Crippen LogP contribution is 2.20. The highest BCUT2D eigenvalue weighted by molar-refractivity contribution is 5.83. The van der Waals surface area contributed by atoms with E-state index < -0.39 is 0 Å². The van der Waals surface area contributed by atoms with Crippen LogP contribution in [0.4, 0.5) is 0 Å². The Morgan fingerprint density at radius 1 is 0.958 bits per heavy atom. The van der Waals surface area contributed by atoms with Gasteiger partial charge in [-0.25, -0.2) is 0 Å². The quantitative estimate of drug-likeness (QED) is 0.767. The molecule has 0 bridgehead atoms. The number of carbonyl (C=O) groups is 1. The second-order valence-electron chi connectivity index (χ2n) is 5.94. The van der Waals surface area contributed by atoms with Crippen molar-refractivity contribution in [3.63, 3.8) is 0 Å². The summed E-state index contributed by atoms with van der Waals surface area (Å²) in [6, 6.07) is 20.3. The van der Waals surface area contributed by atoms with Crippen molar-refractivity contribution < 1.29 is 9.53 Å². The van der Waals surface area contributed by atoms with Gasteiger partial charge in [0.25, 0.3) is 5.91 Å². The summed E-state index contributed by atoms with van der Waals surface area (Å²) >= 11 is 0. The van der Waals surface area contributed by atoms with Crippen LogP contribution in [0.1, 0.15) is 16.7 Å². The predicted molar refractivity (Wildman–Crippen MR) is 97.2 cm³/mol. The molecule has 1 N–H and O–H groups in total. The lowest BCUT2D eigenvalue weighted by molar-refractivity contribution is -0.123. The maximum atomic E-state index is 12.0. The molecule has 3 rings (SSSR count). The van der Waals surface area contributed by atoms with E-state index in [1.165, 1.54) is 10.8 Å². The Labute approximate surface area is 142 Å². The molecule has 122 valence electrons. The van der Waals surface area contributed by atoms with Gasteiger partial charge in [-0.05, 0) is 53.4 Å². The molecule has 3 heteroatoms. The first kappa shape index (κ1) is 16.1. The third-order valence-electron chi connectivity index (χ3n) is 4.22. The van der Waals surface area contributed by atoms with E-state index in [1.54, 1.807) is 0 Å². The molecule has 0 aromatic heterocycles. The molecule has 3 aromatic carbocycles. The molecule has 24 heavy (non-hydrogen) atoms. The van der Waals surface area contributed by atoms with E-state index in [0.29, 0.717) is 6.54 Å². The van der Waals surface area contributed by atoms with E-state index in [0.717, 1.165) is 22.4 Å². The van der Waals surface area contributed by atoms with Crippen molar-refractivity contribution in [3.05, 3.63) is 77.4 Å². The molecule has 0 aliphatic heterocycles. The summed E-state index contributed by atoms with van der Waals surface area (Å²) in [6.45, 7) is 4.55. The van der Waals surface area contributed by atoms with Gasteiger partial charge in [0.05, 0.1) is 0 Å². The first-order chi connectivity index (χ1) is 11.6. The van der Waals surface area contributed by atoms with Crippen LogP contribution in [-0.2, 0) is 11.3 Å². The van der Waals surface area contributed by atoms with Gasteiger partial charge in [0.15, 0.2) is 6.61 Å². The van der Waals surface area contributed by atoms with Crippen LogP contribution in [0.2, 0.25) is 0 Å². The normalized spacial score (nSPS) is 10.6. The largest absolute Gasteiger partial charge is 0.483 e. The summed E-state index contributed by atoms with van der Waals surface area (Å²) in [5.41, 5.74) is 3.30. The van der Waals surface area contributed by atoms with Crippen LogP contribution in [0.5, 0.6) is 5.75 Å². The van der Waals surface area contributed by atoms with Crippen molar-refractivity contribution >= 4 is 16.7 Å². The molecule has 0 aliphatic rings. The van der Waals surface area contributed by atoms with Gasteiger partial charge in [-0.1, -0.05) is 48.5 Å². The number of rotatable bonds is 5. The van der Waals surface area contributed by atoms with Crippen LogP contribution >= 0.6 is 0 Å². The minimum absolute atomic E-state index is 0.0257. The Bertz CT molecular complexity index is 871. The van der Waals surface area contributed by atoms with Gasteiger partial charge in [-0.2, -0.15) is 0 Å². The van der Waals surface area contributed by atoms with E-state index >= 15 is 0 Å². The summed E-state index contributed by atoms with van der Waals surface area (Å²) in [5, 5.41) is 5.28. The molecule has 0 fully saturated rings. The second kappa shape index (κ2) is 7.18. The molecule has 3 aromatic rings. The average molecular weight is 319 g/mol. The van der Waals surface area contributed by atoms with Gasteiger partial charge in [0.1, 0.15) is 5.75 Å². The minimum atomic E-state index is -0.121. The van der Waals surface area contributed by atoms with E-state index in [2.05, 4.69) is 29.6 Å². The Morgan fingerprint density at radius 2 is 1.75 bits per heavy atom. The Balaban J connectivity index is 1.55. The smallest absolute Gasteiger partial charge is 0.258 e. The number of hydrogen-bond donors (Lipinski definition) is 1. The minimum Gasteiger partial charge on any atom is -0.483 e. The second-order valence-corrected chi connectivity index (χ2v) is 5.94. The molecule has 0 saturated heterocycles. The summed E-state index contributed by atoms with van der Waals surface area (Å²) in [5.74, 6) is 0.639. The molecule has 1 amide bonds. The number of hydrogen-bond acceptors (Lipinski definition) is 2. The Hall–Kier alpha value is -2.81. The molecular weight excluding hydrogens is 298 g/mol. The van der Waals surface area contributed by atoms with Crippen molar-refractivity contribution in [2.45, 2.75) is 20.4 Å². The number of amides is 1. The van der Waals surface area contributed by atoms with Gasteiger partial charge in [-0.15, -0.1) is 0 Å². The molecule has 3 nitrogen and oxygen atoms in total. The zero-order chi connectivity index (χ0) is 16.9. The van der Waals surface area contributed by atoms with Crippen LogP contribution in [0.25, 0.3) is 10.8 Å². The lowest BCUT2D eigenvalue weighted by Gasteiger charge is -2.11. The van der Waals surface area contributed by atoms with Crippen LogP contribution in [-0.4, -0.2) is 12.5 Å². The van der Waals surface area contributed by atoms with E-state index in [-0.39, 0.29) is 12.5 Å². The average Bonchev–Trinajstić information content (AvgIpc) is 2.61. The molecule has 0 aliphatic carbocycles. The lowest BCUT2D eigenvalue weighted by atomic mass is 10.1. The fourth-order valence-electron chi connectivity index (χ4n) is 2.62. The van der Waals surface area contributed by atoms with Gasteiger partial charge in [0, 0.05) is 6.54 Å². The molecule has 0 heterocycles. The Morgan fingerprint density at radius 3 is 2.58 bits per heavy atom. The van der Waals surface area contributed by atoms with Gasteiger partial charge in [0.2, 0.25) is 0 Å². The standard InChI is InChI=1S/C21H21NO2/c1-15-6-5-9-20(16(15)2)24-14-21(23)22-13-17-10-11-18-7-3-4-8-19(18)12-17/h3-12H,13-14H2,1-2H3,(H,22,23). The van der Waals surface area contributed by atoms with Gasteiger partial charge < -0.3 is 10.1 Å². The van der Waals surface area contributed by atoms with Gasteiger partial charge >= 0.3 is 0 Å². The third-order valence-corrected chi connectivity index (χ3v) is 4.22. The number of benzene rings is 3. The number of ether oxygens (including phenoxy) is 1. The van der Waals surface area contributed by atoms with Crippen molar-refractivity contribution in [1.82, 2.24) is 5.32 Å². The summed E-state index contributed by atoms with van der Waals surface area (Å²) in [4.78, 5) is 12.0.